The molecule has 1 saturated heterocycles. The molecule has 0 unspecified atom stereocenters. The second kappa shape index (κ2) is 5.98. The lowest BCUT2D eigenvalue weighted by atomic mass is 9.69. The fraction of sp³-hybridized carbons (Fsp3) is 0.882. The van der Waals surface area contributed by atoms with Crippen molar-refractivity contribution < 1.29 is 14.7 Å². The number of carbonyl (C=O) groups is 2. The molecule has 1 N–H and O–H groups in total. The molecule has 0 aromatic rings. The molecule has 2 saturated carbocycles. The van der Waals surface area contributed by atoms with Gasteiger partial charge >= 0.3 is 5.97 Å². The second-order valence-electron chi connectivity index (χ2n) is 7.47. The van der Waals surface area contributed by atoms with Crippen LogP contribution in [0.1, 0.15) is 64.2 Å². The first-order valence-electron chi connectivity index (χ1n) is 8.61. The number of carbonyl (C=O) groups excluding carboxylic acids is 1. The van der Waals surface area contributed by atoms with E-state index in [-0.39, 0.29) is 17.7 Å². The quantitative estimate of drug-likeness (QED) is 0.851. The molecular formula is C17H27NO3. The summed E-state index contributed by atoms with van der Waals surface area (Å²) < 4.78 is 0. The van der Waals surface area contributed by atoms with Gasteiger partial charge in [0.15, 0.2) is 0 Å². The molecular weight excluding hydrogens is 266 g/mol. The van der Waals surface area contributed by atoms with Crippen LogP contribution in [-0.2, 0) is 9.59 Å². The van der Waals surface area contributed by atoms with Crippen LogP contribution in [0.5, 0.6) is 0 Å². The molecule has 3 rings (SSSR count). The molecule has 4 nitrogen and oxygen atoms in total. The number of carboxylic acid groups (broad SMARTS) is 1. The summed E-state index contributed by atoms with van der Waals surface area (Å²) in [5.74, 6) is -0.826. The summed E-state index contributed by atoms with van der Waals surface area (Å²) in [6.07, 6.45) is 10.9. The van der Waals surface area contributed by atoms with E-state index in [2.05, 4.69) is 4.90 Å². The van der Waals surface area contributed by atoms with E-state index < -0.39 is 5.97 Å². The average Bonchev–Trinajstić information content (AvgIpc) is 2.97. The van der Waals surface area contributed by atoms with Crippen molar-refractivity contribution in [3.05, 3.63) is 0 Å². The molecule has 118 valence electrons. The Morgan fingerprint density at radius 2 is 1.62 bits per heavy atom. The first kappa shape index (κ1) is 14.9. The summed E-state index contributed by atoms with van der Waals surface area (Å²) in [5, 5.41) is 9.10. The zero-order valence-electron chi connectivity index (χ0n) is 12.9. The lowest BCUT2D eigenvalue weighted by molar-refractivity contribution is -0.142. The lowest BCUT2D eigenvalue weighted by Gasteiger charge is -2.46. The van der Waals surface area contributed by atoms with Gasteiger partial charge in [-0.2, -0.15) is 0 Å². The van der Waals surface area contributed by atoms with E-state index in [1.54, 1.807) is 0 Å². The van der Waals surface area contributed by atoms with E-state index in [0.717, 1.165) is 25.9 Å². The topological polar surface area (TPSA) is 57.6 Å². The Balaban J connectivity index is 1.61. The zero-order chi connectivity index (χ0) is 14.9. The minimum absolute atomic E-state index is 0.0372. The maximum atomic E-state index is 12.7. The van der Waals surface area contributed by atoms with E-state index >= 15 is 0 Å². The van der Waals surface area contributed by atoms with Crippen LogP contribution in [0.25, 0.3) is 0 Å². The van der Waals surface area contributed by atoms with E-state index in [4.69, 9.17) is 5.11 Å². The molecule has 21 heavy (non-hydrogen) atoms. The normalized spacial score (nSPS) is 32.3. The molecule has 0 radical (unpaired) electrons. The van der Waals surface area contributed by atoms with Crippen LogP contribution in [0.3, 0.4) is 0 Å². The van der Waals surface area contributed by atoms with Gasteiger partial charge in [-0.3, -0.25) is 9.59 Å². The average molecular weight is 293 g/mol. The highest BCUT2D eigenvalue weighted by atomic mass is 16.4. The maximum absolute atomic E-state index is 12.7. The summed E-state index contributed by atoms with van der Waals surface area (Å²) in [7, 11) is 0. The summed E-state index contributed by atoms with van der Waals surface area (Å²) >= 11 is 0. The largest absolute Gasteiger partial charge is 0.481 e. The van der Waals surface area contributed by atoms with Crippen molar-refractivity contribution in [2.75, 3.05) is 13.1 Å². The highest BCUT2D eigenvalue weighted by molar-refractivity contribution is 5.81. The van der Waals surface area contributed by atoms with Crippen molar-refractivity contribution in [3.8, 4) is 0 Å². The van der Waals surface area contributed by atoms with Gasteiger partial charge in [-0.05, 0) is 50.4 Å². The third kappa shape index (κ3) is 3.09. The Labute approximate surface area is 126 Å². The first-order valence-corrected chi connectivity index (χ1v) is 8.61. The number of rotatable bonds is 2. The lowest BCUT2D eigenvalue weighted by Crippen LogP contribution is -2.48. The van der Waals surface area contributed by atoms with Gasteiger partial charge in [0.25, 0.3) is 0 Å². The van der Waals surface area contributed by atoms with Crippen molar-refractivity contribution >= 4 is 11.9 Å². The molecule has 0 aromatic heterocycles. The number of hydrogen-bond acceptors (Lipinski definition) is 2. The number of hydrogen-bond donors (Lipinski definition) is 1. The molecule has 2 aliphatic carbocycles. The summed E-state index contributed by atoms with van der Waals surface area (Å²) in [6, 6.07) is 0. The Hall–Kier alpha value is -1.06. The summed E-state index contributed by atoms with van der Waals surface area (Å²) in [4.78, 5) is 25.9. The number of likely N-dealkylation sites (tertiary alicyclic amines) is 1. The zero-order valence-corrected chi connectivity index (χ0v) is 12.9. The molecule has 4 heteroatoms. The van der Waals surface area contributed by atoms with E-state index in [1.807, 2.05) is 0 Å². The molecule has 1 spiro atoms. The molecule has 1 amide bonds. The van der Waals surface area contributed by atoms with Gasteiger partial charge in [0.2, 0.25) is 5.91 Å². The summed E-state index contributed by atoms with van der Waals surface area (Å²) in [5.41, 5.74) is 0.386. The smallest absolute Gasteiger partial charge is 0.306 e. The van der Waals surface area contributed by atoms with Crippen LogP contribution in [0.4, 0.5) is 0 Å². The number of amides is 1. The number of aliphatic carboxylic acids is 1. The van der Waals surface area contributed by atoms with Gasteiger partial charge in [-0.15, -0.1) is 0 Å². The molecule has 1 heterocycles. The van der Waals surface area contributed by atoms with Crippen molar-refractivity contribution in [1.82, 2.24) is 4.90 Å². The third-order valence-corrected chi connectivity index (χ3v) is 6.02. The van der Waals surface area contributed by atoms with Gasteiger partial charge in [-0.1, -0.05) is 19.3 Å². The van der Waals surface area contributed by atoms with Crippen molar-refractivity contribution in [1.29, 1.82) is 0 Å². The highest BCUT2D eigenvalue weighted by Crippen LogP contribution is 2.44. The maximum Gasteiger partial charge on any atom is 0.306 e. The van der Waals surface area contributed by atoms with Gasteiger partial charge in [0.1, 0.15) is 0 Å². The standard InChI is InChI=1S/C17H27NO3/c19-15(13-5-6-14(11-13)16(20)21)18-10-4-9-17(12-18)7-2-1-3-8-17/h13-14H,1-12H2,(H,20,21)/t13-,14+/m0/s1. The minimum atomic E-state index is -0.729. The molecule has 0 aromatic carbocycles. The van der Waals surface area contributed by atoms with Crippen molar-refractivity contribution in [2.24, 2.45) is 17.3 Å². The van der Waals surface area contributed by atoms with E-state index in [0.29, 0.717) is 18.3 Å². The van der Waals surface area contributed by atoms with Crippen molar-refractivity contribution in [2.45, 2.75) is 64.2 Å². The number of piperidine rings is 1. The minimum Gasteiger partial charge on any atom is -0.481 e. The predicted octanol–water partition coefficient (Wildman–Crippen LogP) is 3.06. The van der Waals surface area contributed by atoms with E-state index in [9.17, 15) is 9.59 Å². The first-order chi connectivity index (χ1) is 10.1. The molecule has 2 atom stereocenters. The number of carboxylic acids is 1. The SMILES string of the molecule is O=C(O)[C@@H]1CC[C@H](C(=O)N2CCCC3(CCCCC3)C2)C1. The van der Waals surface area contributed by atoms with Gasteiger partial charge in [0.05, 0.1) is 5.92 Å². The highest BCUT2D eigenvalue weighted by Gasteiger charge is 2.41. The monoisotopic (exact) mass is 293 g/mol. The second-order valence-corrected chi connectivity index (χ2v) is 7.47. The molecule has 3 fully saturated rings. The van der Waals surface area contributed by atoms with Gasteiger partial charge in [-0.25, -0.2) is 0 Å². The van der Waals surface area contributed by atoms with Gasteiger partial charge in [0, 0.05) is 19.0 Å². The van der Waals surface area contributed by atoms with Crippen LogP contribution >= 0.6 is 0 Å². The van der Waals surface area contributed by atoms with Crippen LogP contribution in [0, 0.1) is 17.3 Å². The van der Waals surface area contributed by atoms with Crippen LogP contribution in [-0.4, -0.2) is 35.0 Å². The third-order valence-electron chi connectivity index (χ3n) is 6.02. The Morgan fingerprint density at radius 1 is 0.952 bits per heavy atom. The van der Waals surface area contributed by atoms with Crippen molar-refractivity contribution in [3.63, 3.8) is 0 Å². The fourth-order valence-corrected chi connectivity index (χ4v) is 4.79. The van der Waals surface area contributed by atoms with E-state index in [1.165, 1.54) is 38.5 Å². The number of nitrogens with zero attached hydrogens (tertiary/aromatic N) is 1. The fourth-order valence-electron chi connectivity index (χ4n) is 4.79. The molecule has 0 bridgehead atoms. The van der Waals surface area contributed by atoms with Crippen LogP contribution in [0.2, 0.25) is 0 Å². The van der Waals surface area contributed by atoms with Crippen LogP contribution in [0.15, 0.2) is 0 Å². The van der Waals surface area contributed by atoms with Gasteiger partial charge < -0.3 is 10.0 Å². The predicted molar refractivity (Wildman–Crippen MR) is 79.8 cm³/mol. The Kier molecular flexibility index (Phi) is 4.23. The van der Waals surface area contributed by atoms with Crippen LogP contribution < -0.4 is 0 Å². The Bertz CT molecular complexity index is 409. The summed E-state index contributed by atoms with van der Waals surface area (Å²) in [6.45, 7) is 1.81. The molecule has 1 aliphatic heterocycles. The molecule has 3 aliphatic rings. The Morgan fingerprint density at radius 3 is 2.29 bits per heavy atom.